The van der Waals surface area contributed by atoms with Gasteiger partial charge in [-0.3, -0.25) is 15.0 Å². The Morgan fingerprint density at radius 3 is 1.73 bits per heavy atom. The highest BCUT2D eigenvalue weighted by Gasteiger charge is 2.25. The molecule has 0 aliphatic heterocycles. The van der Waals surface area contributed by atoms with E-state index in [0.29, 0.717) is 28.2 Å². The molecule has 0 spiro atoms. The zero-order chi connectivity index (χ0) is 33.5. The Labute approximate surface area is 292 Å². The Balaban J connectivity index is 1.46. The minimum Gasteiger partial charge on any atom is -0.497 e. The number of ether oxygens (including phenoxy) is 2. The van der Waals surface area contributed by atoms with Gasteiger partial charge in [-0.05, 0) is 72.1 Å². The lowest BCUT2D eigenvalue weighted by molar-refractivity contribution is 0.415. The monoisotopic (exact) mass is 681 g/mol. The number of pyridine rings is 3. The zero-order valence-electron chi connectivity index (χ0n) is 26.6. The Morgan fingerprint density at radius 2 is 1.08 bits per heavy atom. The van der Waals surface area contributed by atoms with Gasteiger partial charge in [0.05, 0.1) is 53.5 Å². The van der Waals surface area contributed by atoms with Gasteiger partial charge in [-0.25, -0.2) is 0 Å². The van der Waals surface area contributed by atoms with E-state index in [1.807, 2.05) is 104 Å². The van der Waals surface area contributed by atoms with Gasteiger partial charge in [0, 0.05) is 62.3 Å². The molecule has 49 heavy (non-hydrogen) atoms. The third-order valence-electron chi connectivity index (χ3n) is 8.74. The van der Waals surface area contributed by atoms with E-state index in [0.717, 1.165) is 66.2 Å². The molecule has 8 aromatic rings. The number of benzene rings is 5. The van der Waals surface area contributed by atoms with Crippen molar-refractivity contribution >= 4 is 89.4 Å². The summed E-state index contributed by atoms with van der Waals surface area (Å²) in [5.74, 6) is 1.41. The molecule has 0 saturated heterocycles. The fraction of sp³-hybridized carbons (Fsp3) is 0.0750. The van der Waals surface area contributed by atoms with Gasteiger partial charge in [0.25, 0.3) is 0 Å². The molecule has 0 fully saturated rings. The summed E-state index contributed by atoms with van der Waals surface area (Å²) >= 11 is 13.0. The summed E-state index contributed by atoms with van der Waals surface area (Å²) < 4.78 is 11.7. The van der Waals surface area contributed by atoms with E-state index < -0.39 is 0 Å². The van der Waals surface area contributed by atoms with Crippen molar-refractivity contribution in [3.05, 3.63) is 138 Å². The molecule has 0 N–H and O–H groups in total. The van der Waals surface area contributed by atoms with Crippen LogP contribution in [0.1, 0.15) is 0 Å². The van der Waals surface area contributed by atoms with Crippen LogP contribution in [-0.2, 0) is 0 Å². The summed E-state index contributed by atoms with van der Waals surface area (Å²) in [6.45, 7) is 0.334. The highest BCUT2D eigenvalue weighted by atomic mass is 35.5. The van der Waals surface area contributed by atoms with Gasteiger partial charge in [-0.1, -0.05) is 53.5 Å². The number of fused-ring (bicyclic) bond motifs is 4. The molecule has 0 bridgehead atoms. The summed E-state index contributed by atoms with van der Waals surface area (Å²) in [7, 11) is 3.35. The van der Waals surface area contributed by atoms with Crippen LogP contribution in [0.25, 0.3) is 43.5 Å². The van der Waals surface area contributed by atoms with Gasteiger partial charge < -0.3 is 19.3 Å². The minimum absolute atomic E-state index is 0.334. The van der Waals surface area contributed by atoms with Crippen molar-refractivity contribution in [1.29, 1.82) is 0 Å². The molecule has 7 nitrogen and oxygen atoms in total. The SMILES string of the molecule is COc1cc(N(CN(c2cccc3cc(Cl)ccc23)c2ccnc3cc(Cl)ccc23)c2cc(OC)cc3cccnc23)c2ncccc2c1. The number of rotatable bonds is 8. The molecule has 0 saturated carbocycles. The highest BCUT2D eigenvalue weighted by Crippen LogP contribution is 2.43. The molecule has 0 radical (unpaired) electrons. The number of methoxy groups -OCH3 is 2. The van der Waals surface area contributed by atoms with E-state index >= 15 is 0 Å². The number of nitrogens with zero attached hydrogens (tertiary/aromatic N) is 5. The summed E-state index contributed by atoms with van der Waals surface area (Å²) in [6.07, 6.45) is 5.44. The molecule has 9 heteroatoms. The van der Waals surface area contributed by atoms with Crippen molar-refractivity contribution in [2.24, 2.45) is 0 Å². The summed E-state index contributed by atoms with van der Waals surface area (Å²) in [4.78, 5) is 19.0. The standard InChI is InChI=1S/C40H29Cl2N5O2/c1-48-30-19-26-7-4-15-44-39(26)37(22-30)47(38-23-31(49-2)20-27-8-5-16-45-40(27)38)24-46(35-9-3-6-25-18-28(41)10-12-32(25)35)36-14-17-43-34-21-29(42)11-13-33(34)36/h3-23H,24H2,1-2H3. The van der Waals surface area contributed by atoms with Gasteiger partial charge >= 0.3 is 0 Å². The normalized spacial score (nSPS) is 11.3. The van der Waals surface area contributed by atoms with Crippen molar-refractivity contribution in [3.8, 4) is 11.5 Å². The van der Waals surface area contributed by atoms with Gasteiger partial charge in [0.2, 0.25) is 0 Å². The molecule has 0 aliphatic carbocycles. The fourth-order valence-electron chi connectivity index (χ4n) is 6.46. The molecule has 0 atom stereocenters. The second-order valence-electron chi connectivity index (χ2n) is 11.6. The predicted molar refractivity (Wildman–Crippen MR) is 201 cm³/mol. The number of halogens is 2. The molecule has 0 aliphatic rings. The number of anilines is 4. The summed E-state index contributed by atoms with van der Waals surface area (Å²) in [5, 5.41) is 6.17. The Bertz CT molecular complexity index is 2350. The van der Waals surface area contributed by atoms with Gasteiger partial charge in [-0.15, -0.1) is 0 Å². The molecule has 8 rings (SSSR count). The Kier molecular flexibility index (Phi) is 7.99. The van der Waals surface area contributed by atoms with Crippen molar-refractivity contribution < 1.29 is 9.47 Å². The first kappa shape index (κ1) is 30.7. The van der Waals surface area contributed by atoms with Crippen LogP contribution in [0.4, 0.5) is 22.7 Å². The maximum Gasteiger partial charge on any atom is 0.121 e. The topological polar surface area (TPSA) is 63.6 Å². The number of hydrogen-bond acceptors (Lipinski definition) is 7. The highest BCUT2D eigenvalue weighted by molar-refractivity contribution is 6.31. The second kappa shape index (κ2) is 12.8. The van der Waals surface area contributed by atoms with Crippen LogP contribution in [-0.4, -0.2) is 35.8 Å². The van der Waals surface area contributed by atoms with Crippen molar-refractivity contribution in [3.63, 3.8) is 0 Å². The van der Waals surface area contributed by atoms with Crippen LogP contribution in [0.5, 0.6) is 11.5 Å². The van der Waals surface area contributed by atoms with Crippen molar-refractivity contribution in [2.45, 2.75) is 0 Å². The van der Waals surface area contributed by atoms with E-state index in [1.165, 1.54) is 0 Å². The van der Waals surface area contributed by atoms with E-state index in [2.05, 4.69) is 39.0 Å². The first-order valence-electron chi connectivity index (χ1n) is 15.6. The molecular formula is C40H29Cl2N5O2. The van der Waals surface area contributed by atoms with E-state index in [-0.39, 0.29) is 0 Å². The molecule has 5 aromatic carbocycles. The van der Waals surface area contributed by atoms with Crippen LogP contribution >= 0.6 is 23.2 Å². The molecule has 0 unspecified atom stereocenters. The largest absolute Gasteiger partial charge is 0.497 e. The lowest BCUT2D eigenvalue weighted by Gasteiger charge is -2.35. The molecule has 0 amide bonds. The fourth-order valence-corrected chi connectivity index (χ4v) is 6.81. The van der Waals surface area contributed by atoms with Crippen LogP contribution in [0.15, 0.2) is 128 Å². The quantitative estimate of drug-likeness (QED) is 0.148. The van der Waals surface area contributed by atoms with E-state index in [9.17, 15) is 0 Å². The maximum absolute atomic E-state index is 6.49. The van der Waals surface area contributed by atoms with Gasteiger partial charge in [0.1, 0.15) is 18.2 Å². The molecular weight excluding hydrogens is 653 g/mol. The van der Waals surface area contributed by atoms with Crippen LogP contribution in [0.2, 0.25) is 10.0 Å². The second-order valence-corrected chi connectivity index (χ2v) is 12.4. The van der Waals surface area contributed by atoms with Gasteiger partial charge in [0.15, 0.2) is 0 Å². The molecule has 3 heterocycles. The molecule has 240 valence electrons. The number of hydrogen-bond donors (Lipinski definition) is 0. The zero-order valence-corrected chi connectivity index (χ0v) is 28.2. The minimum atomic E-state index is 0.334. The Morgan fingerprint density at radius 1 is 0.510 bits per heavy atom. The van der Waals surface area contributed by atoms with E-state index in [4.69, 9.17) is 42.6 Å². The van der Waals surface area contributed by atoms with E-state index in [1.54, 1.807) is 14.2 Å². The smallest absolute Gasteiger partial charge is 0.121 e. The van der Waals surface area contributed by atoms with Crippen LogP contribution in [0, 0.1) is 0 Å². The third-order valence-corrected chi connectivity index (χ3v) is 9.21. The summed E-state index contributed by atoms with van der Waals surface area (Å²) in [5.41, 5.74) is 6.00. The molecule has 3 aromatic heterocycles. The average Bonchev–Trinajstić information content (AvgIpc) is 3.14. The summed E-state index contributed by atoms with van der Waals surface area (Å²) in [6, 6.07) is 36.0. The van der Waals surface area contributed by atoms with Crippen LogP contribution in [0.3, 0.4) is 0 Å². The van der Waals surface area contributed by atoms with Crippen molar-refractivity contribution in [1.82, 2.24) is 15.0 Å². The lowest BCUT2D eigenvalue weighted by Crippen LogP contribution is -2.33. The Hall–Kier alpha value is -5.63. The first-order chi connectivity index (χ1) is 24.0. The lowest BCUT2D eigenvalue weighted by atomic mass is 10.1. The van der Waals surface area contributed by atoms with Crippen molar-refractivity contribution in [2.75, 3.05) is 30.7 Å². The third kappa shape index (κ3) is 5.67. The number of aromatic nitrogens is 3. The first-order valence-corrected chi connectivity index (χ1v) is 16.4. The average molecular weight is 683 g/mol. The van der Waals surface area contributed by atoms with Crippen LogP contribution < -0.4 is 19.3 Å². The predicted octanol–water partition coefficient (Wildman–Crippen LogP) is 10.7. The van der Waals surface area contributed by atoms with Gasteiger partial charge in [-0.2, -0.15) is 0 Å². The maximum atomic E-state index is 6.49.